The van der Waals surface area contributed by atoms with Crippen LogP contribution in [0.2, 0.25) is 0 Å². The van der Waals surface area contributed by atoms with Crippen molar-refractivity contribution in [3.05, 3.63) is 60.3 Å². The minimum atomic E-state index is -3.57. The van der Waals surface area contributed by atoms with Gasteiger partial charge in [-0.25, -0.2) is 13.4 Å². The fraction of sp³-hybridized carbons (Fsp3) is 0.304. The van der Waals surface area contributed by atoms with Gasteiger partial charge in [-0.15, -0.1) is 0 Å². The number of nitrogens with zero attached hydrogens (tertiary/aromatic N) is 4. The van der Waals surface area contributed by atoms with E-state index in [1.807, 2.05) is 42.2 Å². The zero-order valence-corrected chi connectivity index (χ0v) is 19.7. The zero-order chi connectivity index (χ0) is 23.4. The van der Waals surface area contributed by atoms with E-state index in [0.29, 0.717) is 43.7 Å². The highest BCUT2D eigenvalue weighted by molar-refractivity contribution is 7.89. The molecular formula is C23H27N5O4S. The van der Waals surface area contributed by atoms with Crippen molar-refractivity contribution in [2.45, 2.75) is 11.8 Å². The van der Waals surface area contributed by atoms with Gasteiger partial charge in [0.15, 0.2) is 0 Å². The molecule has 1 fully saturated rings. The first kappa shape index (κ1) is 22.8. The van der Waals surface area contributed by atoms with E-state index in [9.17, 15) is 8.42 Å². The molecule has 33 heavy (non-hydrogen) atoms. The molecule has 1 saturated heterocycles. The normalized spacial score (nSPS) is 14.7. The lowest BCUT2D eigenvalue weighted by atomic mass is 10.3. The summed E-state index contributed by atoms with van der Waals surface area (Å²) in [5.74, 6) is 2.65. The highest BCUT2D eigenvalue weighted by Crippen LogP contribution is 2.24. The summed E-state index contributed by atoms with van der Waals surface area (Å²) in [5, 5.41) is 3.29. The molecule has 0 radical (unpaired) electrons. The van der Waals surface area contributed by atoms with Gasteiger partial charge in [0.2, 0.25) is 16.0 Å². The number of nitrogens with one attached hydrogen (secondary N) is 1. The number of methoxy groups -OCH3 is 2. The average molecular weight is 470 g/mol. The van der Waals surface area contributed by atoms with Crippen molar-refractivity contribution in [1.29, 1.82) is 0 Å². The number of piperazine rings is 1. The number of hydrogen-bond acceptors (Lipinski definition) is 8. The summed E-state index contributed by atoms with van der Waals surface area (Å²) in [6.07, 6.45) is 0. The predicted octanol–water partition coefficient (Wildman–Crippen LogP) is 3.06. The molecule has 0 bridgehead atoms. The van der Waals surface area contributed by atoms with Gasteiger partial charge in [-0.2, -0.15) is 9.29 Å². The molecule has 10 heteroatoms. The van der Waals surface area contributed by atoms with E-state index in [1.54, 1.807) is 38.5 Å². The lowest BCUT2D eigenvalue weighted by molar-refractivity contribution is 0.382. The highest BCUT2D eigenvalue weighted by Gasteiger charge is 2.29. The van der Waals surface area contributed by atoms with Crippen molar-refractivity contribution in [1.82, 2.24) is 14.3 Å². The van der Waals surface area contributed by atoms with Gasteiger partial charge >= 0.3 is 0 Å². The van der Waals surface area contributed by atoms with Crippen LogP contribution < -0.4 is 19.7 Å². The Morgan fingerprint density at radius 2 is 1.42 bits per heavy atom. The molecule has 1 aromatic heterocycles. The standard InChI is InChI=1S/C23H27N5O4S/c1-17-16-22(25-18-4-6-19(31-2)7-5-18)26-23(24-17)27-12-14-28(15-13-27)33(29,30)21-10-8-20(32-3)9-11-21/h4-11,16H,12-15H2,1-3H3,(H,24,25,26). The van der Waals surface area contributed by atoms with Gasteiger partial charge < -0.3 is 19.7 Å². The fourth-order valence-corrected chi connectivity index (χ4v) is 5.03. The number of ether oxygens (including phenoxy) is 2. The Morgan fingerprint density at radius 3 is 2.00 bits per heavy atom. The number of aromatic nitrogens is 2. The van der Waals surface area contributed by atoms with Gasteiger partial charge in [0, 0.05) is 43.6 Å². The first-order chi connectivity index (χ1) is 15.9. The maximum atomic E-state index is 13.0. The molecular weight excluding hydrogens is 442 g/mol. The minimum Gasteiger partial charge on any atom is -0.497 e. The van der Waals surface area contributed by atoms with Crippen LogP contribution in [0.1, 0.15) is 5.69 Å². The third-order valence-electron chi connectivity index (χ3n) is 5.42. The monoisotopic (exact) mass is 469 g/mol. The summed E-state index contributed by atoms with van der Waals surface area (Å²) in [5.41, 5.74) is 1.71. The van der Waals surface area contributed by atoms with Gasteiger partial charge in [-0.1, -0.05) is 0 Å². The van der Waals surface area contributed by atoms with E-state index in [1.165, 1.54) is 4.31 Å². The molecule has 1 N–H and O–H groups in total. The molecule has 0 atom stereocenters. The summed E-state index contributed by atoms with van der Waals surface area (Å²) in [6, 6.07) is 15.9. The van der Waals surface area contributed by atoms with E-state index >= 15 is 0 Å². The molecule has 9 nitrogen and oxygen atoms in total. The number of anilines is 3. The second-order valence-corrected chi connectivity index (χ2v) is 9.55. The number of aryl methyl sites for hydroxylation is 1. The Hall–Kier alpha value is -3.37. The number of benzene rings is 2. The summed E-state index contributed by atoms with van der Waals surface area (Å²) in [7, 11) is -0.389. The fourth-order valence-electron chi connectivity index (χ4n) is 3.61. The molecule has 1 aliphatic heterocycles. The van der Waals surface area contributed by atoms with Crippen LogP contribution in [-0.4, -0.2) is 63.1 Å². The van der Waals surface area contributed by atoms with Crippen LogP contribution in [0.5, 0.6) is 11.5 Å². The molecule has 0 aliphatic carbocycles. The summed E-state index contributed by atoms with van der Waals surface area (Å²) < 4.78 is 37.8. The Balaban J connectivity index is 1.44. The van der Waals surface area contributed by atoms with Crippen molar-refractivity contribution in [3.8, 4) is 11.5 Å². The number of sulfonamides is 1. The van der Waals surface area contributed by atoms with E-state index in [-0.39, 0.29) is 4.90 Å². The van der Waals surface area contributed by atoms with Gasteiger partial charge in [0.25, 0.3) is 0 Å². The van der Waals surface area contributed by atoms with Crippen LogP contribution >= 0.6 is 0 Å². The van der Waals surface area contributed by atoms with Crippen LogP contribution in [0.25, 0.3) is 0 Å². The van der Waals surface area contributed by atoms with Gasteiger partial charge in [-0.3, -0.25) is 0 Å². The summed E-state index contributed by atoms with van der Waals surface area (Å²) in [4.78, 5) is 11.5. The van der Waals surface area contributed by atoms with Crippen LogP contribution in [0, 0.1) is 6.92 Å². The third-order valence-corrected chi connectivity index (χ3v) is 7.34. The van der Waals surface area contributed by atoms with Crippen LogP contribution in [0.3, 0.4) is 0 Å². The number of rotatable bonds is 7. The lowest BCUT2D eigenvalue weighted by Gasteiger charge is -2.34. The van der Waals surface area contributed by atoms with Crippen molar-refractivity contribution < 1.29 is 17.9 Å². The Kier molecular flexibility index (Phi) is 6.66. The smallest absolute Gasteiger partial charge is 0.243 e. The van der Waals surface area contributed by atoms with Gasteiger partial charge in [0.05, 0.1) is 19.1 Å². The van der Waals surface area contributed by atoms with Crippen molar-refractivity contribution in [2.24, 2.45) is 0 Å². The molecule has 0 spiro atoms. The molecule has 4 rings (SSSR count). The molecule has 0 unspecified atom stereocenters. The van der Waals surface area contributed by atoms with E-state index in [2.05, 4.69) is 15.3 Å². The van der Waals surface area contributed by atoms with Gasteiger partial charge in [-0.05, 0) is 55.5 Å². The largest absolute Gasteiger partial charge is 0.497 e. The lowest BCUT2D eigenvalue weighted by Crippen LogP contribution is -2.49. The molecule has 2 heterocycles. The summed E-state index contributed by atoms with van der Waals surface area (Å²) >= 11 is 0. The SMILES string of the molecule is COc1ccc(Nc2cc(C)nc(N3CCN(S(=O)(=O)c4ccc(OC)cc4)CC3)n2)cc1. The molecule has 0 saturated carbocycles. The molecule has 1 aliphatic rings. The maximum absolute atomic E-state index is 13.0. The zero-order valence-electron chi connectivity index (χ0n) is 18.9. The minimum absolute atomic E-state index is 0.259. The topological polar surface area (TPSA) is 96.9 Å². The van der Waals surface area contributed by atoms with Gasteiger partial charge in [0.1, 0.15) is 17.3 Å². The van der Waals surface area contributed by atoms with Crippen LogP contribution in [0.4, 0.5) is 17.5 Å². The molecule has 3 aromatic rings. The van der Waals surface area contributed by atoms with Crippen molar-refractivity contribution in [2.75, 3.05) is 50.6 Å². The van der Waals surface area contributed by atoms with Crippen molar-refractivity contribution in [3.63, 3.8) is 0 Å². The Morgan fingerprint density at radius 1 is 0.848 bits per heavy atom. The second kappa shape index (κ2) is 9.63. The van der Waals surface area contributed by atoms with Crippen LogP contribution in [-0.2, 0) is 10.0 Å². The highest BCUT2D eigenvalue weighted by atomic mass is 32.2. The predicted molar refractivity (Wildman–Crippen MR) is 127 cm³/mol. The van der Waals surface area contributed by atoms with E-state index < -0.39 is 10.0 Å². The average Bonchev–Trinajstić information content (AvgIpc) is 2.84. The van der Waals surface area contributed by atoms with E-state index in [0.717, 1.165) is 17.1 Å². The Bertz CT molecular complexity index is 1190. The quantitative estimate of drug-likeness (QED) is 0.564. The number of hydrogen-bond donors (Lipinski definition) is 1. The van der Waals surface area contributed by atoms with E-state index in [4.69, 9.17) is 9.47 Å². The molecule has 174 valence electrons. The van der Waals surface area contributed by atoms with Crippen molar-refractivity contribution >= 4 is 27.5 Å². The Labute approximate surface area is 194 Å². The van der Waals surface area contributed by atoms with Crippen LogP contribution in [0.15, 0.2) is 59.5 Å². The third kappa shape index (κ3) is 5.18. The first-order valence-corrected chi connectivity index (χ1v) is 12.0. The first-order valence-electron chi connectivity index (χ1n) is 10.5. The maximum Gasteiger partial charge on any atom is 0.243 e. The molecule has 2 aromatic carbocycles. The summed E-state index contributed by atoms with van der Waals surface area (Å²) in [6.45, 7) is 3.62. The second-order valence-electron chi connectivity index (χ2n) is 7.61. The molecule has 0 amide bonds.